The topological polar surface area (TPSA) is 162 Å². The second kappa shape index (κ2) is 10.9. The summed E-state index contributed by atoms with van der Waals surface area (Å²) in [6, 6.07) is 6.10. The number of fused-ring (bicyclic) bond motifs is 1. The average molecular weight is 546 g/mol. The van der Waals surface area contributed by atoms with Gasteiger partial charge in [0, 0.05) is 62.9 Å². The molecule has 3 fully saturated rings. The third kappa shape index (κ3) is 4.95. The van der Waals surface area contributed by atoms with Gasteiger partial charge in [-0.3, -0.25) is 10.0 Å². The fourth-order valence-corrected chi connectivity index (χ4v) is 7.32. The molecule has 3 amide bonds. The smallest absolute Gasteiger partial charge is 0.320 e. The molecule has 3 N–H and O–H groups in total. The van der Waals surface area contributed by atoms with Crippen LogP contribution in [0, 0.1) is 11.3 Å². The molecule has 204 valence electrons. The fraction of sp³-hybridized carbons (Fsp3) is 0.542. The Morgan fingerprint density at radius 2 is 1.82 bits per heavy atom. The number of amides is 3. The van der Waals surface area contributed by atoms with Gasteiger partial charge >= 0.3 is 6.03 Å². The van der Waals surface area contributed by atoms with E-state index in [4.69, 9.17) is 4.74 Å². The molecule has 0 bridgehead atoms. The molecule has 0 aliphatic carbocycles. The number of carbonyl (C=O) groups excluding carboxylic acids is 2. The van der Waals surface area contributed by atoms with E-state index in [1.807, 2.05) is 18.3 Å². The zero-order valence-corrected chi connectivity index (χ0v) is 21.7. The number of carbonyl (C=O) groups is 2. The number of nitrogens with zero attached hydrogens (tertiary/aromatic N) is 5. The minimum atomic E-state index is -4.04. The number of rotatable bonds is 4. The van der Waals surface area contributed by atoms with E-state index in [-0.39, 0.29) is 44.7 Å². The second-order valence-electron chi connectivity index (χ2n) is 9.73. The lowest BCUT2D eigenvalue weighted by molar-refractivity contribution is -0.134. The van der Waals surface area contributed by atoms with Crippen molar-refractivity contribution in [2.75, 3.05) is 59.0 Å². The Morgan fingerprint density at radius 3 is 2.50 bits per heavy atom. The van der Waals surface area contributed by atoms with Crippen LogP contribution >= 0.6 is 0 Å². The van der Waals surface area contributed by atoms with Gasteiger partial charge in [0.2, 0.25) is 0 Å². The van der Waals surface area contributed by atoms with Crippen molar-refractivity contribution in [3.05, 3.63) is 35.5 Å². The lowest BCUT2D eigenvalue weighted by atomic mass is 9.90. The van der Waals surface area contributed by atoms with Crippen molar-refractivity contribution in [1.82, 2.24) is 28.9 Å². The van der Waals surface area contributed by atoms with E-state index in [2.05, 4.69) is 11.1 Å². The number of piperidine rings is 1. The molecular formula is C24H31N7O6S. The number of aromatic amines is 1. The maximum absolute atomic E-state index is 13.7. The Balaban J connectivity index is 1.28. The lowest BCUT2D eigenvalue weighted by Gasteiger charge is -2.43. The SMILES string of the molecule is N#Cc1ccc2[nH]cc(C3CCN(S(=O)(=O)N4CCN(C(=O)N5CCOCC5)CC4C(=O)NO)CC3)c2c1. The van der Waals surface area contributed by atoms with E-state index in [0.29, 0.717) is 44.7 Å². The van der Waals surface area contributed by atoms with Gasteiger partial charge in [-0.25, -0.2) is 10.3 Å². The van der Waals surface area contributed by atoms with Crippen LogP contribution in [0.25, 0.3) is 10.9 Å². The molecule has 3 aliphatic rings. The largest absolute Gasteiger partial charge is 0.378 e. The molecule has 1 unspecified atom stereocenters. The minimum absolute atomic E-state index is 0.0597. The second-order valence-corrected chi connectivity index (χ2v) is 11.6. The molecule has 0 spiro atoms. The summed E-state index contributed by atoms with van der Waals surface area (Å²) in [5.41, 5.74) is 4.12. The number of piperazine rings is 1. The highest BCUT2D eigenvalue weighted by Gasteiger charge is 2.44. The van der Waals surface area contributed by atoms with Crippen LogP contribution < -0.4 is 5.48 Å². The maximum atomic E-state index is 13.7. The average Bonchev–Trinajstić information content (AvgIpc) is 3.39. The Morgan fingerprint density at radius 1 is 1.08 bits per heavy atom. The molecule has 3 saturated heterocycles. The first-order valence-electron chi connectivity index (χ1n) is 12.7. The van der Waals surface area contributed by atoms with Crippen molar-refractivity contribution in [1.29, 1.82) is 5.26 Å². The van der Waals surface area contributed by atoms with Crippen LogP contribution in [0.2, 0.25) is 0 Å². The van der Waals surface area contributed by atoms with Crippen LogP contribution in [0.15, 0.2) is 24.4 Å². The number of hydroxylamine groups is 1. The van der Waals surface area contributed by atoms with Crippen LogP contribution in [0.1, 0.15) is 29.9 Å². The van der Waals surface area contributed by atoms with Gasteiger partial charge in [-0.1, -0.05) is 0 Å². The Kier molecular flexibility index (Phi) is 7.55. The molecular weight excluding hydrogens is 514 g/mol. The summed E-state index contributed by atoms with van der Waals surface area (Å²) in [6.07, 6.45) is 3.08. The predicted molar refractivity (Wildman–Crippen MR) is 135 cm³/mol. The van der Waals surface area contributed by atoms with Gasteiger partial charge in [-0.15, -0.1) is 0 Å². The molecule has 2 aromatic rings. The van der Waals surface area contributed by atoms with Crippen LogP contribution in [0.5, 0.6) is 0 Å². The molecule has 3 aliphatic heterocycles. The number of urea groups is 1. The number of nitrogens with one attached hydrogen (secondary N) is 2. The number of hydrogen-bond donors (Lipinski definition) is 3. The quantitative estimate of drug-likeness (QED) is 0.370. The van der Waals surface area contributed by atoms with E-state index in [1.54, 1.807) is 16.4 Å². The highest BCUT2D eigenvalue weighted by atomic mass is 32.2. The summed E-state index contributed by atoms with van der Waals surface area (Å²) in [6.45, 7) is 2.15. The number of H-pyrrole nitrogens is 1. The molecule has 38 heavy (non-hydrogen) atoms. The van der Waals surface area contributed by atoms with Gasteiger partial charge in [-0.05, 0) is 42.5 Å². The first-order valence-corrected chi connectivity index (χ1v) is 14.1. The molecule has 13 nitrogen and oxygen atoms in total. The van der Waals surface area contributed by atoms with Crippen molar-refractivity contribution in [3.63, 3.8) is 0 Å². The number of nitriles is 1. The molecule has 1 atom stereocenters. The standard InChI is InChI=1S/C24H31N7O6S/c25-14-17-1-2-21-19(13-17)20(15-26-21)18-3-5-30(6-4-18)38(35,36)31-8-7-29(16-22(31)23(32)27-34)24(33)28-9-11-37-12-10-28/h1-2,13,15,18,22,26,34H,3-12,16H2,(H,27,32). The van der Waals surface area contributed by atoms with Crippen molar-refractivity contribution in [3.8, 4) is 6.07 Å². The summed E-state index contributed by atoms with van der Waals surface area (Å²) in [7, 11) is -4.04. The number of aromatic nitrogens is 1. The van der Waals surface area contributed by atoms with Gasteiger partial charge in [-0.2, -0.15) is 22.3 Å². The summed E-state index contributed by atoms with van der Waals surface area (Å²) >= 11 is 0. The van der Waals surface area contributed by atoms with E-state index in [1.165, 1.54) is 9.21 Å². The maximum Gasteiger partial charge on any atom is 0.320 e. The third-order valence-electron chi connectivity index (χ3n) is 7.66. The van der Waals surface area contributed by atoms with E-state index in [0.717, 1.165) is 20.8 Å². The first-order chi connectivity index (χ1) is 18.3. The van der Waals surface area contributed by atoms with Crippen LogP contribution in [-0.2, 0) is 19.7 Å². The van der Waals surface area contributed by atoms with E-state index < -0.39 is 22.2 Å². The van der Waals surface area contributed by atoms with Gasteiger partial charge in [0.25, 0.3) is 16.1 Å². The summed E-state index contributed by atoms with van der Waals surface area (Å²) in [5, 5.41) is 19.6. The van der Waals surface area contributed by atoms with Crippen molar-refractivity contribution < 1.29 is 28.0 Å². The molecule has 1 aromatic carbocycles. The molecule has 1 aromatic heterocycles. The molecule has 4 heterocycles. The van der Waals surface area contributed by atoms with Crippen LogP contribution in [0.3, 0.4) is 0 Å². The monoisotopic (exact) mass is 545 g/mol. The molecule has 14 heteroatoms. The number of ether oxygens (including phenoxy) is 1. The molecule has 5 rings (SSSR count). The highest BCUT2D eigenvalue weighted by Crippen LogP contribution is 2.35. The molecule has 0 saturated carbocycles. The Hall–Kier alpha value is -3.22. The van der Waals surface area contributed by atoms with Gasteiger partial charge in [0.05, 0.1) is 24.8 Å². The van der Waals surface area contributed by atoms with Crippen molar-refractivity contribution in [2.45, 2.75) is 24.8 Å². The third-order valence-corrected chi connectivity index (χ3v) is 9.70. The highest BCUT2D eigenvalue weighted by molar-refractivity contribution is 7.86. The van der Waals surface area contributed by atoms with Crippen molar-refractivity contribution in [2.24, 2.45) is 0 Å². The lowest BCUT2D eigenvalue weighted by Crippen LogP contribution is -2.65. The van der Waals surface area contributed by atoms with Crippen LogP contribution in [-0.4, -0.2) is 114 Å². The summed E-state index contributed by atoms with van der Waals surface area (Å²) in [4.78, 5) is 31.8. The number of benzene rings is 1. The van der Waals surface area contributed by atoms with Crippen molar-refractivity contribution >= 4 is 33.1 Å². The van der Waals surface area contributed by atoms with E-state index in [9.17, 15) is 28.5 Å². The summed E-state index contributed by atoms with van der Waals surface area (Å²) < 4.78 is 35.1. The van der Waals surface area contributed by atoms with E-state index >= 15 is 0 Å². The first kappa shape index (κ1) is 26.4. The summed E-state index contributed by atoms with van der Waals surface area (Å²) in [5.74, 6) is -0.765. The van der Waals surface area contributed by atoms with Crippen LogP contribution in [0.4, 0.5) is 4.79 Å². The normalized spacial score (nSPS) is 22.4. The molecule has 0 radical (unpaired) electrons. The zero-order chi connectivity index (χ0) is 26.9. The fourth-order valence-electron chi connectivity index (χ4n) is 5.55. The predicted octanol–water partition coefficient (Wildman–Crippen LogP) is 0.408. The van der Waals surface area contributed by atoms with Gasteiger partial charge < -0.3 is 19.5 Å². The van der Waals surface area contributed by atoms with Gasteiger partial charge in [0.1, 0.15) is 6.04 Å². The number of morpholine rings is 1. The zero-order valence-electron chi connectivity index (χ0n) is 20.9. The number of hydrogen-bond acceptors (Lipinski definition) is 7. The minimum Gasteiger partial charge on any atom is -0.378 e. The Labute approximate surface area is 220 Å². The van der Waals surface area contributed by atoms with Gasteiger partial charge in [0.15, 0.2) is 0 Å². The Bertz CT molecular complexity index is 1340.